The lowest BCUT2D eigenvalue weighted by Crippen LogP contribution is -2.40. The topological polar surface area (TPSA) is 79.1 Å². The lowest BCUT2D eigenvalue weighted by molar-refractivity contribution is -0.140. The molecule has 40 heavy (non-hydrogen) atoms. The molecule has 0 radical (unpaired) electrons. The van der Waals surface area contributed by atoms with E-state index in [0.29, 0.717) is 49.8 Å². The number of nitrogens with zero attached hydrogens (tertiary/aromatic N) is 2. The number of aromatic nitrogens is 1. The second-order valence-corrected chi connectivity index (χ2v) is 11.1. The van der Waals surface area contributed by atoms with Crippen molar-refractivity contribution < 1.29 is 23.4 Å². The van der Waals surface area contributed by atoms with Crippen LogP contribution in [0.3, 0.4) is 0 Å². The van der Waals surface area contributed by atoms with Crippen LogP contribution < -0.4 is 24.4 Å². The molecule has 9 heteroatoms. The van der Waals surface area contributed by atoms with E-state index in [0.717, 1.165) is 19.3 Å². The lowest BCUT2D eigenvalue weighted by atomic mass is 9.95. The van der Waals surface area contributed by atoms with Crippen molar-refractivity contribution in [2.45, 2.75) is 53.0 Å². The number of halogens is 1. The third-order valence-corrected chi connectivity index (χ3v) is 7.45. The summed E-state index contributed by atoms with van der Waals surface area (Å²) in [7, 11) is 1.56. The first-order chi connectivity index (χ1) is 19.2. The van der Waals surface area contributed by atoms with Gasteiger partial charge in [0.2, 0.25) is 0 Å². The maximum atomic E-state index is 13.8. The lowest BCUT2D eigenvalue weighted by Gasteiger charge is -2.25. The Labute approximate surface area is 237 Å². The highest BCUT2D eigenvalue weighted by Gasteiger charge is 2.34. The highest BCUT2D eigenvalue weighted by molar-refractivity contribution is 7.07. The Morgan fingerprint density at radius 3 is 2.58 bits per heavy atom. The van der Waals surface area contributed by atoms with Gasteiger partial charge in [0, 0.05) is 0 Å². The molecule has 1 aliphatic rings. The normalized spacial score (nSPS) is 15.2. The largest absolute Gasteiger partial charge is 0.493 e. The Morgan fingerprint density at radius 1 is 1.15 bits per heavy atom. The maximum Gasteiger partial charge on any atom is 0.338 e. The number of ether oxygens (including phenoxy) is 3. The number of thiazole rings is 1. The molecule has 1 atom stereocenters. The van der Waals surface area contributed by atoms with Gasteiger partial charge in [-0.2, -0.15) is 0 Å². The van der Waals surface area contributed by atoms with Crippen LogP contribution in [0.4, 0.5) is 4.39 Å². The van der Waals surface area contributed by atoms with Gasteiger partial charge < -0.3 is 14.2 Å². The number of methoxy groups -OCH3 is 1. The van der Waals surface area contributed by atoms with Crippen molar-refractivity contribution in [3.8, 4) is 11.5 Å². The molecule has 1 aliphatic heterocycles. The van der Waals surface area contributed by atoms with E-state index in [2.05, 4.69) is 11.9 Å². The van der Waals surface area contributed by atoms with Crippen LogP contribution in [0.15, 0.2) is 63.5 Å². The Kier molecular flexibility index (Phi) is 9.58. The van der Waals surface area contributed by atoms with Crippen LogP contribution in [0, 0.1) is 11.7 Å². The Morgan fingerprint density at radius 2 is 1.90 bits per heavy atom. The monoisotopic (exact) mass is 566 g/mol. The summed E-state index contributed by atoms with van der Waals surface area (Å²) in [5.41, 5.74) is 1.81. The molecule has 7 nitrogen and oxygen atoms in total. The zero-order chi connectivity index (χ0) is 28.8. The molecule has 0 aliphatic carbocycles. The van der Waals surface area contributed by atoms with E-state index in [1.165, 1.54) is 28.0 Å². The average molecular weight is 567 g/mol. The zero-order valence-electron chi connectivity index (χ0n) is 23.5. The number of allylic oxidation sites excluding steroid dienone is 1. The summed E-state index contributed by atoms with van der Waals surface area (Å²) < 4.78 is 32.6. The predicted octanol–water partition coefficient (Wildman–Crippen LogP) is 5.15. The summed E-state index contributed by atoms with van der Waals surface area (Å²) in [6.07, 6.45) is 4.79. The number of fused-ring (bicyclic) bond motifs is 1. The van der Waals surface area contributed by atoms with Crippen molar-refractivity contribution >= 4 is 23.4 Å². The highest BCUT2D eigenvalue weighted by atomic mass is 32.1. The van der Waals surface area contributed by atoms with Gasteiger partial charge in [0.05, 0.1) is 42.2 Å². The molecule has 0 saturated heterocycles. The van der Waals surface area contributed by atoms with E-state index in [1.807, 2.05) is 19.9 Å². The fourth-order valence-electron chi connectivity index (χ4n) is 4.44. The van der Waals surface area contributed by atoms with Crippen molar-refractivity contribution in [3.05, 3.63) is 90.4 Å². The number of carbonyl (C=O) groups is 1. The summed E-state index contributed by atoms with van der Waals surface area (Å²) in [5, 5.41) is 0. The standard InChI is InChI=1S/C31H35FN2O5S/c1-6-7-8-15-38-24-14-11-22(17-25(24)37-5)28-27(30(36)39-18-19(2)3)20(4)33-31-34(28)29(35)26(40-31)16-21-9-12-23(32)13-10-21/h9-14,16-17,19,28H,6-8,15,18H2,1-5H3. The summed E-state index contributed by atoms with van der Waals surface area (Å²) in [4.78, 5) is 32.3. The van der Waals surface area contributed by atoms with Gasteiger partial charge in [-0.05, 0) is 60.7 Å². The SMILES string of the molecule is CCCCCOc1ccc(C2C(C(=O)OCC(C)C)=C(C)N=c3sc(=Cc4ccc(F)cc4)c(=O)n32)cc1OC. The minimum Gasteiger partial charge on any atom is -0.493 e. The molecule has 4 rings (SSSR count). The van der Waals surface area contributed by atoms with E-state index < -0.39 is 12.0 Å². The zero-order valence-corrected chi connectivity index (χ0v) is 24.3. The Bertz CT molecular complexity index is 1570. The number of esters is 1. The third-order valence-electron chi connectivity index (χ3n) is 6.47. The molecule has 2 aromatic carbocycles. The minimum atomic E-state index is -0.783. The molecule has 0 amide bonds. The van der Waals surface area contributed by atoms with Gasteiger partial charge in [-0.1, -0.05) is 63.1 Å². The molecule has 1 unspecified atom stereocenters. The van der Waals surface area contributed by atoms with Gasteiger partial charge in [0.1, 0.15) is 5.82 Å². The van der Waals surface area contributed by atoms with Crippen LogP contribution in [-0.2, 0) is 9.53 Å². The quantitative estimate of drug-likeness (QED) is 0.237. The van der Waals surface area contributed by atoms with E-state index >= 15 is 0 Å². The van der Waals surface area contributed by atoms with E-state index in [9.17, 15) is 14.0 Å². The first-order valence-corrected chi connectivity index (χ1v) is 14.3. The van der Waals surface area contributed by atoms with Crippen molar-refractivity contribution in [2.75, 3.05) is 20.3 Å². The molecule has 3 aromatic rings. The molecule has 1 aromatic heterocycles. The van der Waals surface area contributed by atoms with Gasteiger partial charge in [-0.15, -0.1) is 0 Å². The molecule has 0 bridgehead atoms. The number of rotatable bonds is 11. The highest BCUT2D eigenvalue weighted by Crippen LogP contribution is 2.36. The Balaban J connectivity index is 1.84. The number of hydrogen-bond donors (Lipinski definition) is 0. The smallest absolute Gasteiger partial charge is 0.338 e. The van der Waals surface area contributed by atoms with Gasteiger partial charge in [-0.25, -0.2) is 14.2 Å². The number of hydrogen-bond acceptors (Lipinski definition) is 7. The summed E-state index contributed by atoms with van der Waals surface area (Å²) >= 11 is 1.22. The second kappa shape index (κ2) is 13.1. The van der Waals surface area contributed by atoms with Crippen LogP contribution in [0.2, 0.25) is 0 Å². The molecule has 0 saturated carbocycles. The van der Waals surface area contributed by atoms with Crippen LogP contribution in [0.25, 0.3) is 6.08 Å². The molecule has 0 spiro atoms. The molecule has 0 N–H and O–H groups in total. The molecule has 2 heterocycles. The van der Waals surface area contributed by atoms with Crippen LogP contribution in [0.5, 0.6) is 11.5 Å². The molecule has 0 fully saturated rings. The van der Waals surface area contributed by atoms with Gasteiger partial charge in [-0.3, -0.25) is 9.36 Å². The first-order valence-electron chi connectivity index (χ1n) is 13.5. The van der Waals surface area contributed by atoms with Gasteiger partial charge in [0.25, 0.3) is 5.56 Å². The van der Waals surface area contributed by atoms with Crippen LogP contribution >= 0.6 is 11.3 Å². The third kappa shape index (κ3) is 6.53. The van der Waals surface area contributed by atoms with Gasteiger partial charge in [0.15, 0.2) is 16.3 Å². The fourth-order valence-corrected chi connectivity index (χ4v) is 5.48. The van der Waals surface area contributed by atoms with Gasteiger partial charge >= 0.3 is 5.97 Å². The van der Waals surface area contributed by atoms with Crippen LogP contribution in [-0.4, -0.2) is 30.9 Å². The minimum absolute atomic E-state index is 0.143. The number of unbranched alkanes of at least 4 members (excludes halogenated alkanes) is 2. The first kappa shape index (κ1) is 29.3. The number of benzene rings is 2. The van der Waals surface area contributed by atoms with E-state index in [-0.39, 0.29) is 23.9 Å². The van der Waals surface area contributed by atoms with E-state index in [4.69, 9.17) is 14.2 Å². The Hall–Kier alpha value is -3.72. The molecular formula is C31H35FN2O5S. The van der Waals surface area contributed by atoms with Crippen molar-refractivity contribution in [2.24, 2.45) is 10.9 Å². The van der Waals surface area contributed by atoms with Crippen molar-refractivity contribution in [1.82, 2.24) is 4.57 Å². The number of carbonyl (C=O) groups excluding carboxylic acids is 1. The summed E-state index contributed by atoms with van der Waals surface area (Å²) in [6, 6.07) is 10.6. The summed E-state index contributed by atoms with van der Waals surface area (Å²) in [6.45, 7) is 8.60. The van der Waals surface area contributed by atoms with Crippen LogP contribution in [0.1, 0.15) is 64.1 Å². The second-order valence-electron chi connectivity index (χ2n) is 10.1. The van der Waals surface area contributed by atoms with Crippen molar-refractivity contribution in [3.63, 3.8) is 0 Å². The van der Waals surface area contributed by atoms with E-state index in [1.54, 1.807) is 44.4 Å². The maximum absolute atomic E-state index is 13.8. The fraction of sp³-hybridized carbons (Fsp3) is 0.387. The van der Waals surface area contributed by atoms with Crippen molar-refractivity contribution in [1.29, 1.82) is 0 Å². The molecule has 212 valence electrons. The average Bonchev–Trinajstić information content (AvgIpc) is 3.24. The molecular weight excluding hydrogens is 531 g/mol. The summed E-state index contributed by atoms with van der Waals surface area (Å²) in [5.74, 6) is 0.365. The predicted molar refractivity (Wildman–Crippen MR) is 154 cm³/mol.